The topological polar surface area (TPSA) is 23.8 Å². The number of hydrogen-bond donors (Lipinski definition) is 0. The summed E-state index contributed by atoms with van der Waals surface area (Å²) in [6.45, 7) is 0. The first kappa shape index (κ1) is 10.1. The third-order valence-corrected chi connectivity index (χ3v) is 1.45. The van der Waals surface area contributed by atoms with Crippen molar-refractivity contribution in [1.82, 2.24) is 0 Å². The molecule has 1 aromatic rings. The van der Waals surface area contributed by atoms with Crippen molar-refractivity contribution in [2.45, 2.75) is 6.18 Å². The van der Waals surface area contributed by atoms with E-state index in [0.29, 0.717) is 0 Å². The molecule has 0 spiro atoms. The van der Waals surface area contributed by atoms with Gasteiger partial charge in [0, 0.05) is 11.5 Å². The number of nitrogens with zero attached hydrogens (tertiary/aromatic N) is 1. The first-order chi connectivity index (χ1) is 6.54. The average molecular weight is 195 g/mol. The molecule has 0 aliphatic carbocycles. The van der Waals surface area contributed by atoms with Crippen molar-refractivity contribution in [1.29, 1.82) is 5.26 Å². The molecule has 0 heterocycles. The zero-order valence-electron chi connectivity index (χ0n) is 6.89. The molecule has 4 heteroatoms. The molecule has 0 unspecified atom stereocenters. The van der Waals surface area contributed by atoms with Crippen LogP contribution in [0, 0.1) is 23.2 Å². The van der Waals surface area contributed by atoms with Gasteiger partial charge in [0.25, 0.3) is 0 Å². The van der Waals surface area contributed by atoms with Crippen LogP contribution >= 0.6 is 0 Å². The summed E-state index contributed by atoms with van der Waals surface area (Å²) in [5.74, 6) is 4.33. The molecule has 0 saturated carbocycles. The molecular weight excluding hydrogens is 191 g/mol. The lowest BCUT2D eigenvalue weighted by atomic mass is 10.1. The summed E-state index contributed by atoms with van der Waals surface area (Å²) >= 11 is 0. The fourth-order valence-corrected chi connectivity index (χ4v) is 0.873. The summed E-state index contributed by atoms with van der Waals surface area (Å²) in [6, 6.07) is 6.07. The molecule has 1 rings (SSSR count). The minimum Gasteiger partial charge on any atom is -0.183 e. The Labute approximate surface area is 78.8 Å². The maximum absolute atomic E-state index is 12.2. The van der Waals surface area contributed by atoms with Gasteiger partial charge in [-0.05, 0) is 18.2 Å². The maximum Gasteiger partial charge on any atom is 0.416 e. The highest BCUT2D eigenvalue weighted by Gasteiger charge is 2.30. The van der Waals surface area contributed by atoms with E-state index in [2.05, 4.69) is 5.92 Å². The highest BCUT2D eigenvalue weighted by atomic mass is 19.4. The first-order valence-electron chi connectivity index (χ1n) is 3.61. The largest absolute Gasteiger partial charge is 0.416 e. The van der Waals surface area contributed by atoms with Gasteiger partial charge >= 0.3 is 6.18 Å². The molecule has 14 heavy (non-hydrogen) atoms. The molecule has 0 amide bonds. The summed E-state index contributed by atoms with van der Waals surface area (Å²) in [7, 11) is 0. The van der Waals surface area contributed by atoms with E-state index >= 15 is 0 Å². The summed E-state index contributed by atoms with van der Waals surface area (Å²) in [5, 5.41) is 8.11. The van der Waals surface area contributed by atoms with Gasteiger partial charge in [0.1, 0.15) is 0 Å². The Bertz CT molecular complexity index is 429. The van der Waals surface area contributed by atoms with E-state index in [9.17, 15) is 13.2 Å². The Kier molecular flexibility index (Phi) is 2.79. The number of halogens is 3. The van der Waals surface area contributed by atoms with E-state index in [0.717, 1.165) is 12.1 Å². The predicted octanol–water partition coefficient (Wildman–Crippen LogP) is 2.58. The summed E-state index contributed by atoms with van der Waals surface area (Å²) in [5.41, 5.74) is -0.580. The van der Waals surface area contributed by atoms with Gasteiger partial charge in [-0.1, -0.05) is 12.0 Å². The zero-order valence-corrected chi connectivity index (χ0v) is 6.89. The van der Waals surface area contributed by atoms with Crippen LogP contribution in [0.3, 0.4) is 0 Å². The fourth-order valence-electron chi connectivity index (χ4n) is 0.873. The van der Waals surface area contributed by atoms with Gasteiger partial charge in [-0.2, -0.15) is 18.4 Å². The normalized spacial score (nSPS) is 9.86. The predicted molar refractivity (Wildman–Crippen MR) is 43.9 cm³/mol. The lowest BCUT2D eigenvalue weighted by molar-refractivity contribution is -0.137. The van der Waals surface area contributed by atoms with Gasteiger partial charge in [-0.15, -0.1) is 0 Å². The van der Waals surface area contributed by atoms with Crippen molar-refractivity contribution < 1.29 is 13.2 Å². The minimum absolute atomic E-state index is 0.182. The van der Waals surface area contributed by atoms with Crippen molar-refractivity contribution >= 4 is 0 Å². The number of hydrogen-bond acceptors (Lipinski definition) is 1. The molecule has 0 aliphatic rings. The summed E-state index contributed by atoms with van der Waals surface area (Å²) in [4.78, 5) is 0. The van der Waals surface area contributed by atoms with Gasteiger partial charge in [0.2, 0.25) is 0 Å². The second-order valence-electron chi connectivity index (χ2n) is 2.44. The molecule has 1 aromatic carbocycles. The molecule has 70 valence electrons. The lowest BCUT2D eigenvalue weighted by Crippen LogP contribution is -2.04. The average Bonchev–Trinajstić information content (AvgIpc) is 2.14. The van der Waals surface area contributed by atoms with E-state index in [1.165, 1.54) is 18.2 Å². The molecule has 0 atom stereocenters. The minimum atomic E-state index is -4.37. The smallest absolute Gasteiger partial charge is 0.183 e. The van der Waals surface area contributed by atoms with Crippen LogP contribution in [0.15, 0.2) is 24.3 Å². The van der Waals surface area contributed by atoms with Crippen LogP contribution < -0.4 is 0 Å². The molecular formula is C10H4F3N. The van der Waals surface area contributed by atoms with Crippen molar-refractivity contribution in [2.24, 2.45) is 0 Å². The third-order valence-electron chi connectivity index (χ3n) is 1.45. The Morgan fingerprint density at radius 2 is 1.93 bits per heavy atom. The van der Waals surface area contributed by atoms with Crippen LogP contribution in [0.4, 0.5) is 13.2 Å². The quantitative estimate of drug-likeness (QED) is 0.583. The summed E-state index contributed by atoms with van der Waals surface area (Å²) < 4.78 is 36.5. The summed E-state index contributed by atoms with van der Waals surface area (Å²) in [6.07, 6.45) is -4.37. The van der Waals surface area contributed by atoms with Crippen LogP contribution in [0.25, 0.3) is 0 Å². The van der Waals surface area contributed by atoms with Gasteiger partial charge in [0.15, 0.2) is 6.07 Å². The third kappa shape index (κ3) is 2.53. The Morgan fingerprint density at radius 1 is 1.21 bits per heavy atom. The molecule has 0 aliphatic heterocycles. The zero-order chi connectivity index (χ0) is 10.6. The van der Waals surface area contributed by atoms with Crippen molar-refractivity contribution in [2.75, 3.05) is 0 Å². The number of nitriles is 1. The number of benzene rings is 1. The van der Waals surface area contributed by atoms with Gasteiger partial charge in [-0.3, -0.25) is 0 Å². The monoisotopic (exact) mass is 195 g/mol. The van der Waals surface area contributed by atoms with Gasteiger partial charge in [0.05, 0.1) is 5.56 Å². The number of alkyl halides is 3. The molecule has 0 radical (unpaired) electrons. The van der Waals surface area contributed by atoms with E-state index in [1.54, 1.807) is 0 Å². The second-order valence-corrected chi connectivity index (χ2v) is 2.44. The second kappa shape index (κ2) is 3.85. The maximum atomic E-state index is 12.2. The van der Waals surface area contributed by atoms with E-state index in [-0.39, 0.29) is 5.56 Å². The molecule has 0 bridgehead atoms. The van der Waals surface area contributed by atoms with Crippen LogP contribution in [0.2, 0.25) is 0 Å². The van der Waals surface area contributed by atoms with Gasteiger partial charge < -0.3 is 0 Å². The Morgan fingerprint density at radius 3 is 2.50 bits per heavy atom. The molecule has 0 N–H and O–H groups in total. The van der Waals surface area contributed by atoms with Crippen LogP contribution in [-0.4, -0.2) is 0 Å². The van der Waals surface area contributed by atoms with E-state index in [4.69, 9.17) is 5.26 Å². The van der Waals surface area contributed by atoms with Crippen molar-refractivity contribution in [3.05, 3.63) is 35.4 Å². The van der Waals surface area contributed by atoms with E-state index < -0.39 is 11.7 Å². The highest BCUT2D eigenvalue weighted by Crippen LogP contribution is 2.29. The SMILES string of the molecule is N#CC#Cc1cccc(C(F)(F)F)c1. The van der Waals surface area contributed by atoms with Crippen molar-refractivity contribution in [3.63, 3.8) is 0 Å². The lowest BCUT2D eigenvalue weighted by Gasteiger charge is -2.05. The molecule has 0 fully saturated rings. The Balaban J connectivity index is 3.09. The van der Waals surface area contributed by atoms with Crippen molar-refractivity contribution in [3.8, 4) is 17.9 Å². The van der Waals surface area contributed by atoms with Crippen LogP contribution in [-0.2, 0) is 6.18 Å². The first-order valence-corrected chi connectivity index (χ1v) is 3.61. The molecule has 1 nitrogen and oxygen atoms in total. The van der Waals surface area contributed by atoms with E-state index in [1.807, 2.05) is 5.92 Å². The van der Waals surface area contributed by atoms with Crippen LogP contribution in [0.1, 0.15) is 11.1 Å². The molecule has 0 saturated heterocycles. The van der Waals surface area contributed by atoms with Gasteiger partial charge in [-0.25, -0.2) is 0 Å². The Hall–Kier alpha value is -1.94. The van der Waals surface area contributed by atoms with Crippen LogP contribution in [0.5, 0.6) is 0 Å². The molecule has 0 aromatic heterocycles. The standard InChI is InChI=1S/C10H4F3N/c11-10(12,13)9-5-1-3-8(7-9)4-2-6-14/h1,3,5,7H. The number of rotatable bonds is 0. The highest BCUT2D eigenvalue weighted by molar-refractivity contribution is 5.40. The fraction of sp³-hybridized carbons (Fsp3) is 0.100.